The molecular weight excluding hydrogens is 259 g/mol. The number of hydrogen-bond donors (Lipinski definition) is 0. The van der Waals surface area contributed by atoms with Crippen LogP contribution in [-0.4, -0.2) is 0 Å². The van der Waals surface area contributed by atoms with Crippen molar-refractivity contribution < 1.29 is 0 Å². The molecule has 0 unspecified atom stereocenters. The summed E-state index contributed by atoms with van der Waals surface area (Å²) in [5.74, 6) is 0. The molecule has 0 saturated heterocycles. The van der Waals surface area contributed by atoms with Crippen molar-refractivity contribution in [3.8, 4) is 0 Å². The summed E-state index contributed by atoms with van der Waals surface area (Å²) in [7, 11) is 0. The lowest BCUT2D eigenvalue weighted by Crippen LogP contribution is -1.84. The van der Waals surface area contributed by atoms with Crippen LogP contribution in [-0.2, 0) is 0 Å². The summed E-state index contributed by atoms with van der Waals surface area (Å²) in [6, 6.07) is 6.22. The van der Waals surface area contributed by atoms with E-state index in [9.17, 15) is 0 Å². The first-order chi connectivity index (χ1) is 5.79. The Labute approximate surface area is 87.1 Å². The van der Waals surface area contributed by atoms with Gasteiger partial charge >= 0.3 is 0 Å². The normalized spacial score (nSPS) is 10.5. The molecule has 0 aliphatic heterocycles. The first-order valence-corrected chi connectivity index (χ1v) is 4.91. The molecule has 0 fully saturated rings. The van der Waals surface area contributed by atoms with Crippen LogP contribution in [0.2, 0.25) is 0 Å². The van der Waals surface area contributed by atoms with Gasteiger partial charge in [0.25, 0.3) is 0 Å². The van der Waals surface area contributed by atoms with Crippen LogP contribution in [0.4, 0.5) is 0 Å². The van der Waals surface area contributed by atoms with Crippen LogP contribution < -0.4 is 0 Å². The molecule has 0 N–H and O–H groups in total. The van der Waals surface area contributed by atoms with E-state index in [1.54, 1.807) is 0 Å². The smallest absolute Gasteiger partial charge is 0.0208 e. The van der Waals surface area contributed by atoms with Crippen LogP contribution in [0.25, 0.3) is 12.2 Å². The Hall–Kier alpha value is -0.570. The number of allylic oxidation sites excluding steroid dienone is 1. The topological polar surface area (TPSA) is 0 Å². The van der Waals surface area contributed by atoms with Crippen molar-refractivity contribution >= 4 is 34.7 Å². The molecule has 0 spiro atoms. The van der Waals surface area contributed by atoms with Crippen LogP contribution in [0.15, 0.2) is 30.9 Å². The quantitative estimate of drug-likeness (QED) is 0.713. The summed E-state index contributed by atoms with van der Waals surface area (Å²) < 4.78 is 1.27. The molecule has 62 valence electrons. The third-order valence-electron chi connectivity index (χ3n) is 1.64. The molecule has 0 radical (unpaired) electrons. The molecule has 1 rings (SSSR count). The number of hydrogen-bond acceptors (Lipinski definition) is 0. The SMILES string of the molecule is C=Cc1cccc(I)c1/C=C\C. The van der Waals surface area contributed by atoms with Gasteiger partial charge in [0.05, 0.1) is 0 Å². The van der Waals surface area contributed by atoms with E-state index in [1.165, 1.54) is 14.7 Å². The molecular formula is C11H11I. The van der Waals surface area contributed by atoms with Gasteiger partial charge in [-0.1, -0.05) is 36.9 Å². The largest absolute Gasteiger partial charge is 0.0984 e. The van der Waals surface area contributed by atoms with Gasteiger partial charge in [0.2, 0.25) is 0 Å². The molecule has 0 aliphatic carbocycles. The highest BCUT2D eigenvalue weighted by Crippen LogP contribution is 2.19. The van der Waals surface area contributed by atoms with Crippen molar-refractivity contribution in [2.24, 2.45) is 0 Å². The van der Waals surface area contributed by atoms with E-state index >= 15 is 0 Å². The molecule has 1 aromatic carbocycles. The number of rotatable bonds is 2. The van der Waals surface area contributed by atoms with Crippen LogP contribution in [0, 0.1) is 3.57 Å². The maximum atomic E-state index is 3.78. The summed E-state index contributed by atoms with van der Waals surface area (Å²) in [5.41, 5.74) is 2.45. The average molecular weight is 270 g/mol. The zero-order valence-electron chi connectivity index (χ0n) is 7.05. The standard InChI is InChI=1S/C11H11I/c1-3-6-10-9(4-2)7-5-8-11(10)12/h3-8H,2H2,1H3/b6-3-. The number of benzene rings is 1. The Kier molecular flexibility index (Phi) is 3.53. The molecule has 0 saturated carbocycles. The summed E-state index contributed by atoms with van der Waals surface area (Å²) in [5, 5.41) is 0. The molecule has 0 nitrogen and oxygen atoms in total. The van der Waals surface area contributed by atoms with Crippen LogP contribution in [0.5, 0.6) is 0 Å². The van der Waals surface area contributed by atoms with Gasteiger partial charge in [-0.2, -0.15) is 0 Å². The molecule has 0 aliphatic rings. The zero-order chi connectivity index (χ0) is 8.97. The van der Waals surface area contributed by atoms with E-state index in [1.807, 2.05) is 25.1 Å². The van der Waals surface area contributed by atoms with Gasteiger partial charge in [-0.05, 0) is 46.7 Å². The molecule has 0 heterocycles. The second-order valence-corrected chi connectivity index (χ2v) is 3.61. The Morgan fingerprint density at radius 3 is 2.75 bits per heavy atom. The van der Waals surface area contributed by atoms with Gasteiger partial charge in [-0.15, -0.1) is 0 Å². The lowest BCUT2D eigenvalue weighted by molar-refractivity contribution is 1.55. The highest BCUT2D eigenvalue weighted by molar-refractivity contribution is 14.1. The fourth-order valence-corrected chi connectivity index (χ4v) is 1.77. The third kappa shape index (κ3) is 1.97. The van der Waals surface area contributed by atoms with Crippen molar-refractivity contribution in [3.63, 3.8) is 0 Å². The maximum Gasteiger partial charge on any atom is 0.0208 e. The van der Waals surface area contributed by atoms with E-state index in [-0.39, 0.29) is 0 Å². The average Bonchev–Trinajstić information content (AvgIpc) is 2.09. The van der Waals surface area contributed by atoms with E-state index in [4.69, 9.17) is 0 Å². The van der Waals surface area contributed by atoms with Crippen molar-refractivity contribution in [3.05, 3.63) is 45.6 Å². The summed E-state index contributed by atoms with van der Waals surface area (Å²) in [6.07, 6.45) is 6.04. The summed E-state index contributed by atoms with van der Waals surface area (Å²) in [4.78, 5) is 0. The minimum absolute atomic E-state index is 1.19. The van der Waals surface area contributed by atoms with Crippen molar-refractivity contribution in [2.45, 2.75) is 6.92 Å². The lowest BCUT2D eigenvalue weighted by atomic mass is 10.1. The fraction of sp³-hybridized carbons (Fsp3) is 0.0909. The van der Waals surface area contributed by atoms with E-state index in [2.05, 4.69) is 47.4 Å². The van der Waals surface area contributed by atoms with Crippen molar-refractivity contribution in [1.29, 1.82) is 0 Å². The van der Waals surface area contributed by atoms with Gasteiger partial charge in [-0.3, -0.25) is 0 Å². The highest BCUT2D eigenvalue weighted by atomic mass is 127. The molecule has 1 aromatic rings. The Bertz CT molecular complexity index is 311. The molecule has 1 heteroatoms. The minimum atomic E-state index is 1.19. The van der Waals surface area contributed by atoms with Crippen LogP contribution in [0.1, 0.15) is 18.1 Å². The second kappa shape index (κ2) is 4.45. The van der Waals surface area contributed by atoms with Gasteiger partial charge in [0, 0.05) is 3.57 Å². The molecule has 0 amide bonds. The first-order valence-electron chi connectivity index (χ1n) is 3.83. The van der Waals surface area contributed by atoms with Crippen LogP contribution >= 0.6 is 22.6 Å². The maximum absolute atomic E-state index is 3.78. The van der Waals surface area contributed by atoms with Crippen molar-refractivity contribution in [1.82, 2.24) is 0 Å². The van der Waals surface area contributed by atoms with Gasteiger partial charge in [0.1, 0.15) is 0 Å². The second-order valence-electron chi connectivity index (χ2n) is 2.45. The monoisotopic (exact) mass is 270 g/mol. The van der Waals surface area contributed by atoms with E-state index in [0.717, 1.165) is 0 Å². The highest BCUT2D eigenvalue weighted by Gasteiger charge is 1.98. The summed E-state index contributed by atoms with van der Waals surface area (Å²) >= 11 is 2.33. The predicted octanol–water partition coefficient (Wildman–Crippen LogP) is 3.97. The Morgan fingerprint density at radius 2 is 2.17 bits per heavy atom. The lowest BCUT2D eigenvalue weighted by Gasteiger charge is -2.02. The van der Waals surface area contributed by atoms with Crippen LogP contribution in [0.3, 0.4) is 0 Å². The third-order valence-corrected chi connectivity index (χ3v) is 2.58. The minimum Gasteiger partial charge on any atom is -0.0984 e. The van der Waals surface area contributed by atoms with Gasteiger partial charge in [-0.25, -0.2) is 0 Å². The Morgan fingerprint density at radius 1 is 1.42 bits per heavy atom. The van der Waals surface area contributed by atoms with Gasteiger partial charge in [0.15, 0.2) is 0 Å². The van der Waals surface area contributed by atoms with Gasteiger partial charge < -0.3 is 0 Å². The van der Waals surface area contributed by atoms with Crippen molar-refractivity contribution in [2.75, 3.05) is 0 Å². The fourth-order valence-electron chi connectivity index (χ4n) is 1.07. The first kappa shape index (κ1) is 9.52. The molecule has 0 bridgehead atoms. The molecule has 12 heavy (non-hydrogen) atoms. The molecule has 0 aromatic heterocycles. The van der Waals surface area contributed by atoms with E-state index in [0.29, 0.717) is 0 Å². The predicted molar refractivity (Wildman–Crippen MR) is 64.0 cm³/mol. The number of halogens is 1. The van der Waals surface area contributed by atoms with E-state index < -0.39 is 0 Å². The zero-order valence-corrected chi connectivity index (χ0v) is 9.21. The Balaban J connectivity index is 3.28. The summed E-state index contributed by atoms with van der Waals surface area (Å²) in [6.45, 7) is 5.80. The molecule has 0 atom stereocenters.